The molecule has 1 aliphatic carbocycles. The third-order valence-electron chi connectivity index (χ3n) is 3.18. The van der Waals surface area contributed by atoms with Gasteiger partial charge in [-0.15, -0.1) is 0 Å². The highest BCUT2D eigenvalue weighted by molar-refractivity contribution is 7.89. The van der Waals surface area contributed by atoms with Crippen LogP contribution in [0.5, 0.6) is 0 Å². The Labute approximate surface area is 111 Å². The Balaban J connectivity index is 2.73. The SMILES string of the molecule is NS(=O)(=O)c1ncc(CO)c(C2=CCCC2)c1CO. The summed E-state index contributed by atoms with van der Waals surface area (Å²) in [6.07, 6.45) is 5.94. The van der Waals surface area contributed by atoms with Gasteiger partial charge in [0.1, 0.15) is 0 Å². The zero-order valence-corrected chi connectivity index (χ0v) is 11.2. The van der Waals surface area contributed by atoms with Crippen LogP contribution in [-0.4, -0.2) is 23.6 Å². The molecule has 0 aromatic carbocycles. The Kier molecular flexibility index (Phi) is 4.00. The van der Waals surface area contributed by atoms with Crippen molar-refractivity contribution in [3.63, 3.8) is 0 Å². The number of hydrogen-bond donors (Lipinski definition) is 3. The maximum atomic E-state index is 11.5. The third-order valence-corrected chi connectivity index (χ3v) is 4.07. The van der Waals surface area contributed by atoms with Gasteiger partial charge in [0, 0.05) is 17.3 Å². The summed E-state index contributed by atoms with van der Waals surface area (Å²) in [5.74, 6) is 0. The molecule has 104 valence electrons. The van der Waals surface area contributed by atoms with Crippen LogP contribution >= 0.6 is 0 Å². The van der Waals surface area contributed by atoms with E-state index in [4.69, 9.17) is 5.14 Å². The Bertz CT molecular complexity index is 623. The molecule has 2 rings (SSSR count). The number of rotatable bonds is 4. The smallest absolute Gasteiger partial charge is 0.255 e. The fourth-order valence-electron chi connectivity index (χ4n) is 2.39. The lowest BCUT2D eigenvalue weighted by molar-refractivity contribution is 0.270. The number of primary sulfonamides is 1. The van der Waals surface area contributed by atoms with Crippen molar-refractivity contribution in [3.05, 3.63) is 29.0 Å². The summed E-state index contributed by atoms with van der Waals surface area (Å²) < 4.78 is 23.0. The van der Waals surface area contributed by atoms with Gasteiger partial charge in [0.25, 0.3) is 10.0 Å². The number of nitrogens with zero attached hydrogens (tertiary/aromatic N) is 1. The molecule has 0 unspecified atom stereocenters. The maximum absolute atomic E-state index is 11.5. The number of allylic oxidation sites excluding steroid dienone is 2. The molecule has 0 saturated heterocycles. The molecule has 0 saturated carbocycles. The molecule has 0 spiro atoms. The second kappa shape index (κ2) is 5.38. The normalized spacial score (nSPS) is 15.6. The van der Waals surface area contributed by atoms with E-state index in [1.54, 1.807) is 0 Å². The van der Waals surface area contributed by atoms with E-state index >= 15 is 0 Å². The van der Waals surface area contributed by atoms with Gasteiger partial charge in [-0.2, -0.15) is 0 Å². The molecule has 19 heavy (non-hydrogen) atoms. The van der Waals surface area contributed by atoms with Crippen molar-refractivity contribution in [1.82, 2.24) is 4.98 Å². The first-order chi connectivity index (χ1) is 8.99. The average molecular weight is 284 g/mol. The van der Waals surface area contributed by atoms with Crippen LogP contribution in [0.2, 0.25) is 0 Å². The van der Waals surface area contributed by atoms with E-state index in [1.807, 2.05) is 6.08 Å². The van der Waals surface area contributed by atoms with Gasteiger partial charge < -0.3 is 10.2 Å². The average Bonchev–Trinajstić information content (AvgIpc) is 2.89. The second-order valence-corrected chi connectivity index (χ2v) is 5.90. The molecule has 0 radical (unpaired) electrons. The van der Waals surface area contributed by atoms with Gasteiger partial charge in [-0.25, -0.2) is 18.5 Å². The predicted octanol–water partition coefficient (Wildman–Crippen LogP) is 0.281. The van der Waals surface area contributed by atoms with Gasteiger partial charge in [0.2, 0.25) is 0 Å². The monoisotopic (exact) mass is 284 g/mol. The van der Waals surface area contributed by atoms with E-state index in [1.165, 1.54) is 6.20 Å². The summed E-state index contributed by atoms with van der Waals surface area (Å²) in [6, 6.07) is 0. The van der Waals surface area contributed by atoms with Crippen LogP contribution < -0.4 is 5.14 Å². The van der Waals surface area contributed by atoms with Crippen LogP contribution in [0, 0.1) is 0 Å². The minimum absolute atomic E-state index is 0.169. The molecule has 0 amide bonds. The first kappa shape index (κ1) is 14.1. The summed E-state index contributed by atoms with van der Waals surface area (Å²) in [6.45, 7) is -0.753. The van der Waals surface area contributed by atoms with E-state index in [-0.39, 0.29) is 17.2 Å². The van der Waals surface area contributed by atoms with Crippen LogP contribution in [0.4, 0.5) is 0 Å². The highest BCUT2D eigenvalue weighted by atomic mass is 32.2. The minimum atomic E-state index is -4.00. The summed E-state index contributed by atoms with van der Waals surface area (Å²) in [5, 5.41) is 23.6. The van der Waals surface area contributed by atoms with Crippen LogP contribution in [0.3, 0.4) is 0 Å². The Morgan fingerprint density at radius 1 is 1.32 bits per heavy atom. The Morgan fingerprint density at radius 3 is 2.53 bits per heavy atom. The first-order valence-electron chi connectivity index (χ1n) is 5.93. The highest BCUT2D eigenvalue weighted by Crippen LogP contribution is 2.34. The molecule has 6 nitrogen and oxygen atoms in total. The maximum Gasteiger partial charge on any atom is 0.255 e. The topological polar surface area (TPSA) is 114 Å². The molecule has 1 aliphatic rings. The Morgan fingerprint density at radius 2 is 2.05 bits per heavy atom. The minimum Gasteiger partial charge on any atom is -0.392 e. The largest absolute Gasteiger partial charge is 0.392 e. The molecule has 0 bridgehead atoms. The van der Waals surface area contributed by atoms with Gasteiger partial charge in [-0.3, -0.25) is 0 Å². The van der Waals surface area contributed by atoms with Crippen molar-refractivity contribution >= 4 is 15.6 Å². The fourth-order valence-corrected chi connectivity index (χ4v) is 3.10. The van der Waals surface area contributed by atoms with Gasteiger partial charge in [-0.05, 0) is 30.4 Å². The second-order valence-electron chi connectivity index (χ2n) is 4.42. The number of hydrogen-bond acceptors (Lipinski definition) is 5. The number of aliphatic hydroxyl groups is 2. The quantitative estimate of drug-likeness (QED) is 0.735. The lowest BCUT2D eigenvalue weighted by Gasteiger charge is -2.15. The lowest BCUT2D eigenvalue weighted by Crippen LogP contribution is -2.18. The van der Waals surface area contributed by atoms with Crippen LogP contribution in [-0.2, 0) is 23.2 Å². The van der Waals surface area contributed by atoms with Gasteiger partial charge in [-0.1, -0.05) is 6.08 Å². The first-order valence-corrected chi connectivity index (χ1v) is 7.48. The van der Waals surface area contributed by atoms with Crippen molar-refractivity contribution in [1.29, 1.82) is 0 Å². The number of aliphatic hydroxyl groups excluding tert-OH is 2. The lowest BCUT2D eigenvalue weighted by atomic mass is 9.96. The molecule has 0 aliphatic heterocycles. The van der Waals surface area contributed by atoms with Crippen molar-refractivity contribution in [2.24, 2.45) is 5.14 Å². The van der Waals surface area contributed by atoms with Gasteiger partial charge in [0.05, 0.1) is 13.2 Å². The van der Waals surface area contributed by atoms with Gasteiger partial charge in [0.15, 0.2) is 5.03 Å². The van der Waals surface area contributed by atoms with E-state index in [2.05, 4.69) is 4.98 Å². The Hall–Kier alpha value is -1.28. The zero-order chi connectivity index (χ0) is 14.0. The summed E-state index contributed by atoms with van der Waals surface area (Å²) >= 11 is 0. The van der Waals surface area contributed by atoms with Gasteiger partial charge >= 0.3 is 0 Å². The standard InChI is InChI=1S/C12H16N2O4S/c13-19(17,18)12-10(7-16)11(8-3-1-2-4-8)9(6-15)5-14-12/h3,5,15-16H,1-2,4,6-7H2,(H2,13,17,18). The zero-order valence-electron chi connectivity index (χ0n) is 10.3. The van der Waals surface area contributed by atoms with E-state index in [0.717, 1.165) is 24.8 Å². The third kappa shape index (κ3) is 2.69. The number of pyridine rings is 1. The molecule has 7 heteroatoms. The fraction of sp³-hybridized carbons (Fsp3) is 0.417. The van der Waals surface area contributed by atoms with E-state index in [0.29, 0.717) is 11.1 Å². The number of nitrogens with two attached hydrogens (primary N) is 1. The van der Waals surface area contributed by atoms with Crippen molar-refractivity contribution < 1.29 is 18.6 Å². The number of aromatic nitrogens is 1. The van der Waals surface area contributed by atoms with E-state index < -0.39 is 16.6 Å². The number of sulfonamides is 1. The molecular formula is C12H16N2O4S. The predicted molar refractivity (Wildman–Crippen MR) is 69.3 cm³/mol. The summed E-state index contributed by atoms with van der Waals surface area (Å²) in [5.41, 5.74) is 2.17. The molecule has 4 N–H and O–H groups in total. The molecule has 1 heterocycles. The van der Waals surface area contributed by atoms with E-state index in [9.17, 15) is 18.6 Å². The summed E-state index contributed by atoms with van der Waals surface area (Å²) in [4.78, 5) is 3.76. The molecular weight excluding hydrogens is 268 g/mol. The highest BCUT2D eigenvalue weighted by Gasteiger charge is 2.23. The molecule has 0 fully saturated rings. The van der Waals surface area contributed by atoms with Crippen LogP contribution in [0.1, 0.15) is 36.0 Å². The van der Waals surface area contributed by atoms with Crippen molar-refractivity contribution in [2.45, 2.75) is 37.5 Å². The molecule has 1 aromatic rings. The summed E-state index contributed by atoms with van der Waals surface area (Å²) in [7, 11) is -4.00. The van der Waals surface area contributed by atoms with Crippen LogP contribution in [0.25, 0.3) is 5.57 Å². The molecule has 0 atom stereocenters. The van der Waals surface area contributed by atoms with Crippen molar-refractivity contribution in [3.8, 4) is 0 Å². The molecule has 1 aromatic heterocycles. The van der Waals surface area contributed by atoms with Crippen LogP contribution in [0.15, 0.2) is 17.3 Å². The van der Waals surface area contributed by atoms with Crippen molar-refractivity contribution in [2.75, 3.05) is 0 Å².